The van der Waals surface area contributed by atoms with Crippen molar-refractivity contribution in [2.24, 2.45) is 5.92 Å². The van der Waals surface area contributed by atoms with Crippen LogP contribution in [0.5, 0.6) is 0 Å². The molecule has 1 heterocycles. The Balaban J connectivity index is 2.00. The van der Waals surface area contributed by atoms with Crippen LogP contribution in [0.3, 0.4) is 0 Å². The zero-order valence-corrected chi connectivity index (χ0v) is 12.3. The molecule has 0 aliphatic heterocycles. The number of nitrogens with one attached hydrogen (secondary N) is 1. The van der Waals surface area contributed by atoms with Crippen molar-refractivity contribution >= 4 is 11.6 Å². The number of halogens is 1. The highest BCUT2D eigenvalue weighted by atomic mass is 35.5. The van der Waals surface area contributed by atoms with Gasteiger partial charge in [-0.15, -0.1) is 11.6 Å². The van der Waals surface area contributed by atoms with Crippen LogP contribution in [0.2, 0.25) is 0 Å². The van der Waals surface area contributed by atoms with Crippen LogP contribution in [0.15, 0.2) is 10.9 Å². The minimum atomic E-state index is -0.130. The maximum atomic E-state index is 11.6. The van der Waals surface area contributed by atoms with Gasteiger partial charge in [-0.1, -0.05) is 13.8 Å². The van der Waals surface area contributed by atoms with Gasteiger partial charge in [-0.05, 0) is 25.2 Å². The van der Waals surface area contributed by atoms with E-state index in [0.717, 1.165) is 31.7 Å². The van der Waals surface area contributed by atoms with E-state index < -0.39 is 0 Å². The predicted octanol–water partition coefficient (Wildman–Crippen LogP) is 2.60. The second-order valence-electron chi connectivity index (χ2n) is 5.73. The van der Waals surface area contributed by atoms with E-state index >= 15 is 0 Å². The van der Waals surface area contributed by atoms with Gasteiger partial charge in [-0.25, -0.2) is 4.98 Å². The summed E-state index contributed by atoms with van der Waals surface area (Å²) in [6.07, 6.45) is 3.09. The van der Waals surface area contributed by atoms with Crippen LogP contribution >= 0.6 is 11.6 Å². The van der Waals surface area contributed by atoms with Gasteiger partial charge in [0.15, 0.2) is 0 Å². The Morgan fingerprint density at radius 2 is 2.26 bits per heavy atom. The highest BCUT2D eigenvalue weighted by molar-refractivity contribution is 6.16. The molecule has 19 heavy (non-hydrogen) atoms. The van der Waals surface area contributed by atoms with E-state index in [1.54, 1.807) is 0 Å². The molecule has 0 unspecified atom stereocenters. The summed E-state index contributed by atoms with van der Waals surface area (Å²) in [6.45, 7) is 5.76. The van der Waals surface area contributed by atoms with E-state index in [4.69, 9.17) is 16.3 Å². The van der Waals surface area contributed by atoms with Gasteiger partial charge in [-0.2, -0.15) is 0 Å². The molecule has 1 fully saturated rings. The van der Waals surface area contributed by atoms with Gasteiger partial charge in [0.05, 0.1) is 23.6 Å². The van der Waals surface area contributed by atoms with Gasteiger partial charge in [0.1, 0.15) is 5.82 Å². The summed E-state index contributed by atoms with van der Waals surface area (Å²) in [5.74, 6) is 1.65. The second-order valence-corrected chi connectivity index (χ2v) is 6.00. The Hall–Kier alpha value is -0.870. The maximum absolute atomic E-state index is 11.6. The van der Waals surface area contributed by atoms with Crippen molar-refractivity contribution in [2.75, 3.05) is 13.2 Å². The summed E-state index contributed by atoms with van der Waals surface area (Å²) < 4.78 is 5.74. The fraction of sp³-hybridized carbons (Fsp3) is 0.714. The van der Waals surface area contributed by atoms with Crippen molar-refractivity contribution < 1.29 is 4.74 Å². The van der Waals surface area contributed by atoms with Gasteiger partial charge in [0, 0.05) is 12.7 Å². The van der Waals surface area contributed by atoms with Crippen molar-refractivity contribution in [3.05, 3.63) is 27.9 Å². The minimum absolute atomic E-state index is 0.0851. The molecule has 1 saturated carbocycles. The Morgan fingerprint density at radius 3 is 2.84 bits per heavy atom. The molecule has 1 N–H and O–H groups in total. The normalized spacial score (nSPS) is 16.8. The SMILES string of the molecule is CC(C)CCOCC1(c2nc(CCl)cc(=O)[nH]2)CC1. The van der Waals surface area contributed by atoms with Gasteiger partial charge in [-0.3, -0.25) is 4.79 Å². The van der Waals surface area contributed by atoms with Crippen LogP contribution in [0.4, 0.5) is 0 Å². The minimum Gasteiger partial charge on any atom is -0.380 e. The van der Waals surface area contributed by atoms with E-state index in [-0.39, 0.29) is 16.9 Å². The average molecular weight is 285 g/mol. The number of ether oxygens (including phenoxy) is 1. The average Bonchev–Trinajstić information content (AvgIpc) is 3.15. The molecule has 4 nitrogen and oxygen atoms in total. The molecule has 1 aromatic heterocycles. The lowest BCUT2D eigenvalue weighted by molar-refractivity contribution is 0.102. The van der Waals surface area contributed by atoms with Gasteiger partial charge >= 0.3 is 0 Å². The van der Waals surface area contributed by atoms with Crippen molar-refractivity contribution in [3.63, 3.8) is 0 Å². The molecule has 1 aliphatic rings. The molecular formula is C14H21ClN2O2. The molecule has 0 saturated heterocycles. The second kappa shape index (κ2) is 6.06. The summed E-state index contributed by atoms with van der Waals surface area (Å²) >= 11 is 5.76. The topological polar surface area (TPSA) is 55.0 Å². The zero-order valence-electron chi connectivity index (χ0n) is 11.5. The first-order valence-corrected chi connectivity index (χ1v) is 7.33. The molecule has 0 bridgehead atoms. The lowest BCUT2D eigenvalue weighted by Gasteiger charge is -2.15. The predicted molar refractivity (Wildman–Crippen MR) is 75.6 cm³/mol. The fourth-order valence-corrected chi connectivity index (χ4v) is 2.15. The highest BCUT2D eigenvalue weighted by Crippen LogP contribution is 2.46. The lowest BCUT2D eigenvalue weighted by Crippen LogP contribution is -2.24. The molecule has 2 rings (SSSR count). The number of H-pyrrole nitrogens is 1. The van der Waals surface area contributed by atoms with E-state index in [0.29, 0.717) is 18.2 Å². The Bertz CT molecular complexity index is 481. The largest absolute Gasteiger partial charge is 0.380 e. The summed E-state index contributed by atoms with van der Waals surface area (Å²) in [7, 11) is 0. The molecule has 1 aromatic rings. The number of hydrogen-bond acceptors (Lipinski definition) is 3. The third kappa shape index (κ3) is 3.80. The smallest absolute Gasteiger partial charge is 0.251 e. The number of rotatable bonds is 7. The molecular weight excluding hydrogens is 264 g/mol. The van der Waals surface area contributed by atoms with Crippen LogP contribution in [-0.2, 0) is 16.0 Å². The van der Waals surface area contributed by atoms with Crippen LogP contribution in [0, 0.1) is 5.92 Å². The third-order valence-electron chi connectivity index (χ3n) is 3.51. The number of alkyl halides is 1. The van der Waals surface area contributed by atoms with Crippen molar-refractivity contribution in [2.45, 2.75) is 44.4 Å². The van der Waals surface area contributed by atoms with Crippen molar-refractivity contribution in [3.8, 4) is 0 Å². The van der Waals surface area contributed by atoms with Gasteiger partial charge in [0.25, 0.3) is 5.56 Å². The van der Waals surface area contributed by atoms with E-state index in [1.165, 1.54) is 6.07 Å². The molecule has 1 aliphatic carbocycles. The first kappa shape index (κ1) is 14.5. The summed E-state index contributed by atoms with van der Waals surface area (Å²) in [4.78, 5) is 18.8. The third-order valence-corrected chi connectivity index (χ3v) is 3.78. The summed E-state index contributed by atoms with van der Waals surface area (Å²) in [6, 6.07) is 1.45. The quantitative estimate of drug-likeness (QED) is 0.618. The zero-order chi connectivity index (χ0) is 13.9. The van der Waals surface area contributed by atoms with E-state index in [9.17, 15) is 4.79 Å². The van der Waals surface area contributed by atoms with Crippen LogP contribution in [0.25, 0.3) is 0 Å². The van der Waals surface area contributed by atoms with Gasteiger partial charge < -0.3 is 9.72 Å². The molecule has 0 amide bonds. The first-order valence-electron chi connectivity index (χ1n) is 6.80. The Kier molecular flexibility index (Phi) is 4.63. The molecule has 0 spiro atoms. The molecule has 0 radical (unpaired) electrons. The maximum Gasteiger partial charge on any atom is 0.251 e. The van der Waals surface area contributed by atoms with Crippen LogP contribution in [0.1, 0.15) is 44.6 Å². The highest BCUT2D eigenvalue weighted by Gasteiger charge is 2.47. The standard InChI is InChI=1S/C14H21ClN2O2/c1-10(2)3-6-19-9-14(4-5-14)13-16-11(8-15)7-12(18)17-13/h7,10H,3-6,8-9H2,1-2H3,(H,16,17,18). The number of hydrogen-bond donors (Lipinski definition) is 1. The molecule has 0 atom stereocenters. The number of nitrogens with zero attached hydrogens (tertiary/aromatic N) is 1. The molecule has 5 heteroatoms. The summed E-state index contributed by atoms with van der Waals surface area (Å²) in [5.41, 5.74) is 0.418. The molecule has 106 valence electrons. The van der Waals surface area contributed by atoms with E-state index in [2.05, 4.69) is 23.8 Å². The van der Waals surface area contributed by atoms with Crippen LogP contribution < -0.4 is 5.56 Å². The van der Waals surface area contributed by atoms with E-state index in [1.807, 2.05) is 0 Å². The lowest BCUT2D eigenvalue weighted by atomic mass is 10.1. The summed E-state index contributed by atoms with van der Waals surface area (Å²) in [5, 5.41) is 0. The fourth-order valence-electron chi connectivity index (χ4n) is 2.01. The van der Waals surface area contributed by atoms with Crippen LogP contribution in [-0.4, -0.2) is 23.2 Å². The number of aromatic amines is 1. The van der Waals surface area contributed by atoms with Crippen molar-refractivity contribution in [1.82, 2.24) is 9.97 Å². The monoisotopic (exact) mass is 284 g/mol. The molecule has 0 aromatic carbocycles. The number of aromatic nitrogens is 2. The van der Waals surface area contributed by atoms with Crippen molar-refractivity contribution in [1.29, 1.82) is 0 Å². The first-order chi connectivity index (χ1) is 9.05. The Labute approximate surface area is 118 Å². The van der Waals surface area contributed by atoms with Gasteiger partial charge in [0.2, 0.25) is 0 Å². The Morgan fingerprint density at radius 1 is 1.53 bits per heavy atom.